The molecule has 1 heterocycles. The number of carbonyl (C=O) groups is 1. The van der Waals surface area contributed by atoms with Gasteiger partial charge in [-0.25, -0.2) is 0 Å². The molecule has 0 amide bonds. The van der Waals surface area contributed by atoms with E-state index in [2.05, 4.69) is 5.32 Å². The van der Waals surface area contributed by atoms with Gasteiger partial charge in [0.2, 0.25) is 0 Å². The van der Waals surface area contributed by atoms with Gasteiger partial charge >= 0.3 is 0 Å². The number of fused-ring (bicyclic) bond motifs is 1. The topological polar surface area (TPSA) is 59.3 Å². The number of anilines is 1. The van der Waals surface area contributed by atoms with E-state index in [1.54, 1.807) is 36.5 Å². The van der Waals surface area contributed by atoms with Gasteiger partial charge in [0.05, 0.1) is 11.6 Å². The van der Waals surface area contributed by atoms with Crippen LogP contribution in [0.3, 0.4) is 0 Å². The molecule has 0 bridgehead atoms. The van der Waals surface area contributed by atoms with Crippen LogP contribution in [0.1, 0.15) is 21.5 Å². The Bertz CT molecular complexity index is 1270. The molecule has 4 heteroatoms. The maximum atomic E-state index is 13.2. The van der Waals surface area contributed by atoms with Crippen LogP contribution in [0.25, 0.3) is 11.0 Å². The van der Waals surface area contributed by atoms with Crippen molar-refractivity contribution in [1.29, 1.82) is 0 Å². The number of hydrogen-bond donors (Lipinski definition) is 1. The van der Waals surface area contributed by atoms with Gasteiger partial charge < -0.3 is 9.73 Å². The van der Waals surface area contributed by atoms with Gasteiger partial charge in [-0.15, -0.1) is 0 Å². The van der Waals surface area contributed by atoms with Gasteiger partial charge in [-0.2, -0.15) is 0 Å². The number of Topliss-reactive ketones (excluding diaryl/α,β-unsaturated/α-hetero) is 1. The highest BCUT2D eigenvalue weighted by Crippen LogP contribution is 2.17. The molecule has 4 rings (SSSR count). The zero-order valence-electron chi connectivity index (χ0n) is 16.6. The Labute approximate surface area is 174 Å². The molecule has 30 heavy (non-hydrogen) atoms. The Hall–Kier alpha value is -3.92. The van der Waals surface area contributed by atoms with Crippen molar-refractivity contribution in [2.75, 3.05) is 5.32 Å². The first-order valence-electron chi connectivity index (χ1n) is 9.73. The first-order valence-corrected chi connectivity index (χ1v) is 9.73. The lowest BCUT2D eigenvalue weighted by molar-refractivity contribution is 0.103. The minimum absolute atomic E-state index is 0.126. The standard InChI is InChI=1S/C26H21NO3/c1-18-11-13-22(14-12-18)27-16-20(25(28)19-7-3-2-4-8-19)15-21-17-30-24-10-6-5-9-23(24)26(21)29/h2-14,16-17,27H,15H2,1H3/b20-16+. The minimum Gasteiger partial charge on any atom is -0.464 e. The van der Waals surface area contributed by atoms with E-state index in [0.29, 0.717) is 27.7 Å². The molecule has 3 aromatic carbocycles. The average molecular weight is 395 g/mol. The Kier molecular flexibility index (Phi) is 5.57. The number of carbonyl (C=O) groups excluding carboxylic acids is 1. The highest BCUT2D eigenvalue weighted by molar-refractivity contribution is 6.09. The summed E-state index contributed by atoms with van der Waals surface area (Å²) in [6, 6.07) is 24.0. The van der Waals surface area contributed by atoms with Crippen LogP contribution < -0.4 is 10.7 Å². The first kappa shape index (κ1) is 19.4. The van der Waals surface area contributed by atoms with E-state index in [4.69, 9.17) is 4.42 Å². The maximum Gasteiger partial charge on any atom is 0.196 e. The summed E-state index contributed by atoms with van der Waals surface area (Å²) in [6.45, 7) is 2.02. The van der Waals surface area contributed by atoms with Crippen LogP contribution in [0.15, 0.2) is 106 Å². The Morgan fingerprint density at radius 3 is 2.40 bits per heavy atom. The van der Waals surface area contributed by atoms with Crippen LogP contribution in [0.5, 0.6) is 0 Å². The van der Waals surface area contributed by atoms with Gasteiger partial charge in [0.1, 0.15) is 5.58 Å². The predicted octanol–water partition coefficient (Wildman–Crippen LogP) is 5.52. The van der Waals surface area contributed by atoms with E-state index in [1.807, 2.05) is 55.5 Å². The fourth-order valence-electron chi connectivity index (χ4n) is 3.24. The fourth-order valence-corrected chi connectivity index (χ4v) is 3.24. The number of allylic oxidation sites excluding steroid dienone is 1. The second kappa shape index (κ2) is 8.62. The Balaban J connectivity index is 1.70. The molecule has 4 aromatic rings. The SMILES string of the molecule is Cc1ccc(N/C=C(\Cc2coc3ccccc3c2=O)C(=O)c2ccccc2)cc1. The summed E-state index contributed by atoms with van der Waals surface area (Å²) in [6.07, 6.45) is 3.29. The van der Waals surface area contributed by atoms with Crippen molar-refractivity contribution >= 4 is 22.4 Å². The summed E-state index contributed by atoms with van der Waals surface area (Å²) in [4.78, 5) is 26.1. The van der Waals surface area contributed by atoms with E-state index >= 15 is 0 Å². The van der Waals surface area contributed by atoms with Gasteiger partial charge in [-0.1, -0.05) is 60.2 Å². The van der Waals surface area contributed by atoms with Gasteiger partial charge in [-0.05, 0) is 31.2 Å². The van der Waals surface area contributed by atoms with E-state index in [-0.39, 0.29) is 17.6 Å². The molecule has 0 aliphatic heterocycles. The lowest BCUT2D eigenvalue weighted by Crippen LogP contribution is -2.14. The summed E-state index contributed by atoms with van der Waals surface area (Å²) < 4.78 is 5.63. The zero-order chi connectivity index (χ0) is 20.9. The minimum atomic E-state index is -0.136. The lowest BCUT2D eigenvalue weighted by atomic mass is 9.98. The number of rotatable bonds is 6. The van der Waals surface area contributed by atoms with E-state index in [0.717, 1.165) is 11.3 Å². The fraction of sp³-hybridized carbons (Fsp3) is 0.0769. The lowest BCUT2D eigenvalue weighted by Gasteiger charge is -2.09. The molecule has 1 N–H and O–H groups in total. The third-order valence-corrected chi connectivity index (χ3v) is 4.92. The summed E-state index contributed by atoms with van der Waals surface area (Å²) in [5.74, 6) is -0.136. The quantitative estimate of drug-likeness (QED) is 0.345. The van der Waals surface area contributed by atoms with E-state index in [1.165, 1.54) is 6.26 Å². The van der Waals surface area contributed by atoms with Crippen molar-refractivity contribution in [3.05, 3.63) is 124 Å². The van der Waals surface area contributed by atoms with Gasteiger partial charge in [0, 0.05) is 35.0 Å². The number of para-hydroxylation sites is 1. The summed E-state index contributed by atoms with van der Waals surface area (Å²) in [5.41, 5.74) is 3.91. The summed E-state index contributed by atoms with van der Waals surface area (Å²) >= 11 is 0. The summed E-state index contributed by atoms with van der Waals surface area (Å²) in [7, 11) is 0. The van der Waals surface area contributed by atoms with Crippen LogP contribution in [0, 0.1) is 6.92 Å². The van der Waals surface area contributed by atoms with Gasteiger partial charge in [0.15, 0.2) is 11.2 Å². The maximum absolute atomic E-state index is 13.2. The molecular formula is C26H21NO3. The highest BCUT2D eigenvalue weighted by atomic mass is 16.3. The predicted molar refractivity (Wildman–Crippen MR) is 120 cm³/mol. The van der Waals surface area contributed by atoms with Crippen LogP contribution in [0.4, 0.5) is 5.69 Å². The second-order valence-corrected chi connectivity index (χ2v) is 7.14. The van der Waals surface area contributed by atoms with Crippen molar-refractivity contribution in [2.24, 2.45) is 0 Å². The average Bonchev–Trinajstić information content (AvgIpc) is 2.79. The number of benzene rings is 3. The van der Waals surface area contributed by atoms with Crippen LogP contribution in [-0.2, 0) is 6.42 Å². The van der Waals surface area contributed by atoms with Crippen molar-refractivity contribution in [3.8, 4) is 0 Å². The number of aryl methyl sites for hydroxylation is 1. The molecular weight excluding hydrogens is 374 g/mol. The van der Waals surface area contributed by atoms with Crippen molar-refractivity contribution in [2.45, 2.75) is 13.3 Å². The second-order valence-electron chi connectivity index (χ2n) is 7.14. The molecule has 0 spiro atoms. The van der Waals surface area contributed by atoms with Crippen molar-refractivity contribution in [1.82, 2.24) is 0 Å². The largest absolute Gasteiger partial charge is 0.464 e. The van der Waals surface area contributed by atoms with Gasteiger partial charge in [0.25, 0.3) is 0 Å². The monoisotopic (exact) mass is 395 g/mol. The zero-order valence-corrected chi connectivity index (χ0v) is 16.6. The molecule has 148 valence electrons. The van der Waals surface area contributed by atoms with E-state index < -0.39 is 0 Å². The molecule has 0 atom stereocenters. The first-order chi connectivity index (χ1) is 14.6. The third kappa shape index (κ3) is 4.23. The normalized spacial score (nSPS) is 11.4. The number of ketones is 1. The Morgan fingerprint density at radius 1 is 0.933 bits per heavy atom. The molecule has 0 unspecified atom stereocenters. The Morgan fingerprint density at radius 2 is 1.63 bits per heavy atom. The smallest absolute Gasteiger partial charge is 0.196 e. The number of nitrogens with one attached hydrogen (secondary N) is 1. The van der Waals surface area contributed by atoms with Crippen molar-refractivity contribution in [3.63, 3.8) is 0 Å². The molecule has 0 aliphatic rings. The van der Waals surface area contributed by atoms with E-state index in [9.17, 15) is 9.59 Å². The molecule has 4 nitrogen and oxygen atoms in total. The highest BCUT2D eigenvalue weighted by Gasteiger charge is 2.16. The molecule has 1 aromatic heterocycles. The molecule has 0 aliphatic carbocycles. The van der Waals surface area contributed by atoms with Crippen LogP contribution in [0.2, 0.25) is 0 Å². The molecule has 0 saturated heterocycles. The molecule has 0 saturated carbocycles. The van der Waals surface area contributed by atoms with Crippen LogP contribution >= 0.6 is 0 Å². The molecule has 0 radical (unpaired) electrons. The number of hydrogen-bond acceptors (Lipinski definition) is 4. The molecule has 0 fully saturated rings. The van der Waals surface area contributed by atoms with Gasteiger partial charge in [-0.3, -0.25) is 9.59 Å². The summed E-state index contributed by atoms with van der Waals surface area (Å²) in [5, 5.41) is 3.69. The van der Waals surface area contributed by atoms with Crippen LogP contribution in [-0.4, -0.2) is 5.78 Å². The third-order valence-electron chi connectivity index (χ3n) is 4.92. The van der Waals surface area contributed by atoms with Crippen molar-refractivity contribution < 1.29 is 9.21 Å².